The Hall–Kier alpha value is -3.70. The van der Waals surface area contributed by atoms with E-state index in [0.717, 1.165) is 54.7 Å². The van der Waals surface area contributed by atoms with Crippen LogP contribution in [0.1, 0.15) is 76.2 Å². The topological polar surface area (TPSA) is 129 Å². The number of carbonyl (C=O) groups excluding carboxylic acids is 2. The molecule has 6 rings (SSSR count). The summed E-state index contributed by atoms with van der Waals surface area (Å²) in [6.45, 7) is 10.2. The van der Waals surface area contributed by atoms with Gasteiger partial charge >= 0.3 is 0 Å². The fourth-order valence-corrected chi connectivity index (χ4v) is 7.37. The minimum atomic E-state index is -0.769. The molecule has 11 heteroatoms. The van der Waals surface area contributed by atoms with Gasteiger partial charge in [-0.1, -0.05) is 43.3 Å². The first-order valence-corrected chi connectivity index (χ1v) is 17.0. The lowest BCUT2D eigenvalue weighted by Crippen LogP contribution is -2.48. The van der Waals surface area contributed by atoms with E-state index in [4.69, 9.17) is 4.52 Å². The van der Waals surface area contributed by atoms with Crippen molar-refractivity contribution in [1.29, 1.82) is 0 Å². The second-order valence-corrected chi connectivity index (χ2v) is 13.9. The van der Waals surface area contributed by atoms with Crippen LogP contribution in [-0.4, -0.2) is 81.6 Å². The van der Waals surface area contributed by atoms with Crippen LogP contribution in [0.2, 0.25) is 0 Å². The van der Waals surface area contributed by atoms with Crippen LogP contribution in [0.5, 0.6) is 0 Å². The maximum absolute atomic E-state index is 14.1. The van der Waals surface area contributed by atoms with E-state index in [0.29, 0.717) is 11.7 Å². The van der Waals surface area contributed by atoms with Gasteiger partial charge in [-0.25, -0.2) is 0 Å². The number of likely N-dealkylation sites (tertiary alicyclic amines) is 1. The van der Waals surface area contributed by atoms with Gasteiger partial charge in [-0.2, -0.15) is 5.10 Å². The molecule has 5 heterocycles. The number of aromatic nitrogens is 3. The van der Waals surface area contributed by atoms with Crippen molar-refractivity contribution in [2.24, 2.45) is 24.8 Å². The summed E-state index contributed by atoms with van der Waals surface area (Å²) >= 11 is 0. The number of anilines is 1. The standard InChI is InChI=1S/C35H49N7O4/c1-22(2)33(31-18-32(39-46-31)41-19-25(20-41)6-5-24-11-14-36-15-12-24)35(45)42-21-28(43)17-30(42)34(44)38-23(3)26-7-9-27(10-8-26)29-13-16-37-40(29)4/h7-10,13,16,18,22-25,28,30,33,36,43H,5-6,11-12,14-15,17,19-21H2,1-4H3,(H,38,44)/t23-,28+,30-,33+/m0/s1. The maximum Gasteiger partial charge on any atom is 0.243 e. The van der Waals surface area contributed by atoms with Crippen LogP contribution in [0.3, 0.4) is 0 Å². The van der Waals surface area contributed by atoms with Gasteiger partial charge in [0.1, 0.15) is 12.0 Å². The van der Waals surface area contributed by atoms with E-state index in [2.05, 4.69) is 25.8 Å². The van der Waals surface area contributed by atoms with Gasteiger partial charge in [-0.15, -0.1) is 0 Å². The molecule has 0 aliphatic carbocycles. The average Bonchev–Trinajstić information content (AvgIpc) is 3.77. The molecule has 1 aromatic carbocycles. The van der Waals surface area contributed by atoms with Crippen LogP contribution < -0.4 is 15.5 Å². The van der Waals surface area contributed by atoms with Gasteiger partial charge in [0.15, 0.2) is 11.6 Å². The van der Waals surface area contributed by atoms with Crippen LogP contribution in [0.15, 0.2) is 47.1 Å². The highest BCUT2D eigenvalue weighted by Crippen LogP contribution is 2.35. The molecule has 0 bridgehead atoms. The highest BCUT2D eigenvalue weighted by Gasteiger charge is 2.44. The molecule has 3 saturated heterocycles. The first-order chi connectivity index (χ1) is 22.2. The summed E-state index contributed by atoms with van der Waals surface area (Å²) in [5, 5.41) is 25.7. The number of aryl methyl sites for hydroxylation is 1. The van der Waals surface area contributed by atoms with E-state index in [9.17, 15) is 14.7 Å². The van der Waals surface area contributed by atoms with Crippen LogP contribution >= 0.6 is 0 Å². The van der Waals surface area contributed by atoms with Gasteiger partial charge in [-0.3, -0.25) is 14.3 Å². The lowest BCUT2D eigenvalue weighted by atomic mass is 9.86. The van der Waals surface area contributed by atoms with Gasteiger partial charge in [0, 0.05) is 45.4 Å². The van der Waals surface area contributed by atoms with Crippen molar-refractivity contribution in [2.75, 3.05) is 37.6 Å². The number of aliphatic hydroxyl groups excluding tert-OH is 1. The lowest BCUT2D eigenvalue weighted by molar-refractivity contribution is -0.141. The van der Waals surface area contributed by atoms with Crippen molar-refractivity contribution in [3.63, 3.8) is 0 Å². The highest BCUT2D eigenvalue weighted by atomic mass is 16.5. The molecule has 3 aliphatic rings. The Balaban J connectivity index is 1.06. The zero-order valence-electron chi connectivity index (χ0n) is 27.6. The van der Waals surface area contributed by atoms with Crippen molar-refractivity contribution in [3.05, 3.63) is 53.9 Å². The summed E-state index contributed by atoms with van der Waals surface area (Å²) in [5.41, 5.74) is 2.99. The molecular weight excluding hydrogens is 582 g/mol. The molecule has 3 aromatic rings. The monoisotopic (exact) mass is 631 g/mol. The number of aliphatic hydroxyl groups is 1. The number of amides is 2. The number of rotatable bonds is 11. The molecule has 3 fully saturated rings. The molecule has 2 amide bonds. The van der Waals surface area contributed by atoms with Gasteiger partial charge in [-0.05, 0) is 80.6 Å². The molecule has 0 saturated carbocycles. The third-order valence-electron chi connectivity index (χ3n) is 10.2. The zero-order valence-corrected chi connectivity index (χ0v) is 27.6. The number of benzene rings is 1. The summed E-state index contributed by atoms with van der Waals surface area (Å²) < 4.78 is 7.61. The van der Waals surface area contributed by atoms with Gasteiger partial charge < -0.3 is 30.1 Å². The summed E-state index contributed by atoms with van der Waals surface area (Å²) in [7, 11) is 1.90. The van der Waals surface area contributed by atoms with E-state index in [-0.39, 0.29) is 36.7 Å². The number of hydrogen-bond acceptors (Lipinski definition) is 8. The molecule has 0 unspecified atom stereocenters. The van der Waals surface area contributed by atoms with Gasteiger partial charge in [0.2, 0.25) is 11.8 Å². The van der Waals surface area contributed by atoms with E-state index in [1.807, 2.05) is 68.9 Å². The smallest absolute Gasteiger partial charge is 0.243 e. The molecule has 0 radical (unpaired) electrons. The summed E-state index contributed by atoms with van der Waals surface area (Å²) in [6, 6.07) is 10.8. The SMILES string of the molecule is CC(C)[C@@H](C(=O)N1C[C@H](O)C[C@H]1C(=O)N[C@@H](C)c1ccc(-c2ccnn2C)cc1)c1cc(N2CC(CCC3CCNCC3)C2)no1. The highest BCUT2D eigenvalue weighted by molar-refractivity contribution is 5.91. The second kappa shape index (κ2) is 14.0. The molecule has 4 atom stereocenters. The summed E-state index contributed by atoms with van der Waals surface area (Å²) in [4.78, 5) is 31.4. The number of β-amino-alcohol motifs (C(OH)–C–C–N with tert-alkyl or cyclic N) is 1. The van der Waals surface area contributed by atoms with Crippen LogP contribution in [0.25, 0.3) is 11.3 Å². The van der Waals surface area contributed by atoms with E-state index in [1.54, 1.807) is 6.20 Å². The molecule has 3 aliphatic heterocycles. The number of carbonyl (C=O) groups is 2. The van der Waals surface area contributed by atoms with E-state index >= 15 is 0 Å². The largest absolute Gasteiger partial charge is 0.391 e. The number of nitrogens with zero attached hydrogens (tertiary/aromatic N) is 5. The third-order valence-corrected chi connectivity index (χ3v) is 10.2. The molecule has 11 nitrogen and oxygen atoms in total. The minimum Gasteiger partial charge on any atom is -0.391 e. The second-order valence-electron chi connectivity index (χ2n) is 13.9. The molecule has 46 heavy (non-hydrogen) atoms. The Morgan fingerprint density at radius 1 is 1.04 bits per heavy atom. The van der Waals surface area contributed by atoms with Crippen LogP contribution in [0, 0.1) is 17.8 Å². The quantitative estimate of drug-likeness (QED) is 0.291. The summed E-state index contributed by atoms with van der Waals surface area (Å²) in [6.07, 6.45) is 6.29. The van der Waals surface area contributed by atoms with Gasteiger partial charge in [0.05, 0.1) is 17.8 Å². The van der Waals surface area contributed by atoms with Crippen LogP contribution in [-0.2, 0) is 16.6 Å². The molecule has 0 spiro atoms. The predicted molar refractivity (Wildman–Crippen MR) is 176 cm³/mol. The Kier molecular flexibility index (Phi) is 9.79. The molecule has 2 aromatic heterocycles. The fraction of sp³-hybridized carbons (Fsp3) is 0.600. The van der Waals surface area contributed by atoms with Crippen molar-refractivity contribution >= 4 is 17.6 Å². The molecular formula is C35H49N7O4. The van der Waals surface area contributed by atoms with Crippen molar-refractivity contribution < 1.29 is 19.2 Å². The lowest BCUT2D eigenvalue weighted by Gasteiger charge is -2.40. The first-order valence-electron chi connectivity index (χ1n) is 17.0. The predicted octanol–water partition coefficient (Wildman–Crippen LogP) is 3.87. The first kappa shape index (κ1) is 32.2. The Morgan fingerprint density at radius 3 is 2.43 bits per heavy atom. The van der Waals surface area contributed by atoms with Crippen molar-refractivity contribution in [2.45, 2.75) is 77.0 Å². The number of hydrogen-bond donors (Lipinski definition) is 3. The van der Waals surface area contributed by atoms with Crippen molar-refractivity contribution in [1.82, 2.24) is 30.5 Å². The summed E-state index contributed by atoms with van der Waals surface area (Å²) in [5.74, 6) is 1.62. The fourth-order valence-electron chi connectivity index (χ4n) is 7.37. The third kappa shape index (κ3) is 7.00. The maximum atomic E-state index is 14.1. The van der Waals surface area contributed by atoms with E-state index in [1.165, 1.54) is 30.6 Å². The zero-order chi connectivity index (χ0) is 32.4. The number of piperidine rings is 1. The Morgan fingerprint density at radius 2 is 1.76 bits per heavy atom. The van der Waals surface area contributed by atoms with Crippen LogP contribution in [0.4, 0.5) is 5.82 Å². The number of nitrogens with one attached hydrogen (secondary N) is 2. The Labute approximate surface area is 271 Å². The normalized spacial score (nSPS) is 22.2. The van der Waals surface area contributed by atoms with Crippen molar-refractivity contribution in [3.8, 4) is 11.3 Å². The van der Waals surface area contributed by atoms with Gasteiger partial charge in [0.25, 0.3) is 0 Å². The molecule has 3 N–H and O–H groups in total. The average molecular weight is 632 g/mol. The minimum absolute atomic E-state index is 0.0826. The Bertz CT molecular complexity index is 1470. The molecule has 248 valence electrons. The van der Waals surface area contributed by atoms with E-state index < -0.39 is 18.1 Å².